The molecule has 0 bridgehead atoms. The Morgan fingerprint density at radius 3 is 2.31 bits per heavy atom. The Labute approximate surface area is 73.0 Å². The Balaban J connectivity index is 2.65. The number of nitrogens with zero attached hydrogens (tertiary/aromatic N) is 1. The van der Waals surface area contributed by atoms with Crippen LogP contribution in [0.1, 0.15) is 0 Å². The highest BCUT2D eigenvalue weighted by Gasteiger charge is 2.46. The van der Waals surface area contributed by atoms with E-state index in [1.807, 2.05) is 0 Å². The second-order valence-corrected chi connectivity index (χ2v) is 4.75. The van der Waals surface area contributed by atoms with E-state index in [-0.39, 0.29) is 12.3 Å². The van der Waals surface area contributed by atoms with Crippen LogP contribution in [0.4, 0.5) is 8.78 Å². The lowest BCUT2D eigenvalue weighted by Gasteiger charge is -2.31. The van der Waals surface area contributed by atoms with Crippen LogP contribution in [0, 0.1) is 0 Å². The van der Waals surface area contributed by atoms with Gasteiger partial charge in [0.1, 0.15) is 0 Å². The van der Waals surface area contributed by atoms with E-state index >= 15 is 0 Å². The number of alkyl halides is 2. The first-order valence-corrected chi connectivity index (χ1v) is 4.96. The third-order valence-corrected chi connectivity index (χ3v) is 3.48. The SMILES string of the molecule is O=C(O)C(F)(F)CN1CCS1(=O)=O. The number of hydrogen-bond acceptors (Lipinski definition) is 3. The van der Waals surface area contributed by atoms with Crippen LogP contribution >= 0.6 is 0 Å². The number of hydrogen-bond donors (Lipinski definition) is 1. The number of carboxylic acids is 1. The summed E-state index contributed by atoms with van der Waals surface area (Å²) in [5.74, 6) is -6.51. The molecule has 0 radical (unpaired) electrons. The molecule has 1 fully saturated rings. The molecular formula is C5H7F2NO4S. The van der Waals surface area contributed by atoms with Crippen molar-refractivity contribution in [3.63, 3.8) is 0 Å². The summed E-state index contributed by atoms with van der Waals surface area (Å²) < 4.78 is 46.8. The lowest BCUT2D eigenvalue weighted by Crippen LogP contribution is -2.54. The zero-order chi connectivity index (χ0) is 10.3. The molecule has 0 atom stereocenters. The number of carbonyl (C=O) groups is 1. The van der Waals surface area contributed by atoms with Gasteiger partial charge in [0.05, 0.1) is 12.3 Å². The van der Waals surface area contributed by atoms with Gasteiger partial charge in [-0.1, -0.05) is 0 Å². The standard InChI is InChI=1S/C5H7F2NO4S/c6-5(7,4(9)10)3-8-1-2-13(8,11)12/h1-3H2,(H,9,10). The van der Waals surface area contributed by atoms with E-state index in [9.17, 15) is 22.0 Å². The van der Waals surface area contributed by atoms with Gasteiger partial charge in [-0.2, -0.15) is 13.1 Å². The van der Waals surface area contributed by atoms with Crippen molar-refractivity contribution in [1.29, 1.82) is 0 Å². The van der Waals surface area contributed by atoms with Crippen molar-refractivity contribution in [3.8, 4) is 0 Å². The van der Waals surface area contributed by atoms with Gasteiger partial charge in [-0.05, 0) is 0 Å². The first kappa shape index (κ1) is 10.3. The molecular weight excluding hydrogens is 208 g/mol. The molecule has 0 aromatic heterocycles. The Hall–Kier alpha value is -0.760. The molecule has 0 aromatic carbocycles. The molecule has 0 aliphatic carbocycles. The largest absolute Gasteiger partial charge is 0.477 e. The Morgan fingerprint density at radius 1 is 1.54 bits per heavy atom. The van der Waals surface area contributed by atoms with Crippen LogP contribution in [-0.4, -0.2) is 48.6 Å². The molecule has 0 amide bonds. The van der Waals surface area contributed by atoms with Gasteiger partial charge in [0.2, 0.25) is 10.0 Å². The van der Waals surface area contributed by atoms with Crippen LogP contribution in [0.15, 0.2) is 0 Å². The molecule has 0 aromatic rings. The van der Waals surface area contributed by atoms with Crippen molar-refractivity contribution in [3.05, 3.63) is 0 Å². The number of sulfonamides is 1. The lowest BCUT2D eigenvalue weighted by molar-refractivity contribution is -0.165. The van der Waals surface area contributed by atoms with Crippen LogP contribution < -0.4 is 0 Å². The number of halogens is 2. The van der Waals surface area contributed by atoms with Gasteiger partial charge in [0.15, 0.2) is 0 Å². The average molecular weight is 215 g/mol. The maximum absolute atomic E-state index is 12.5. The quantitative estimate of drug-likeness (QED) is 0.679. The van der Waals surface area contributed by atoms with Crippen molar-refractivity contribution in [2.75, 3.05) is 18.8 Å². The molecule has 1 heterocycles. The Bertz CT molecular complexity index is 325. The van der Waals surface area contributed by atoms with Crippen LogP contribution in [0.2, 0.25) is 0 Å². The smallest absolute Gasteiger partial charge is 0.376 e. The molecule has 1 aliphatic heterocycles. The molecule has 0 spiro atoms. The predicted octanol–water partition coefficient (Wildman–Crippen LogP) is -0.648. The molecule has 1 rings (SSSR count). The second kappa shape index (κ2) is 2.88. The zero-order valence-corrected chi connectivity index (χ0v) is 7.22. The van der Waals surface area contributed by atoms with Gasteiger partial charge in [0.25, 0.3) is 0 Å². The highest BCUT2D eigenvalue weighted by molar-refractivity contribution is 7.90. The fraction of sp³-hybridized carbons (Fsp3) is 0.800. The zero-order valence-electron chi connectivity index (χ0n) is 6.40. The summed E-state index contributed by atoms with van der Waals surface area (Å²) in [7, 11) is -3.60. The fourth-order valence-corrected chi connectivity index (χ4v) is 1.93. The van der Waals surface area contributed by atoms with E-state index in [1.54, 1.807) is 0 Å². The van der Waals surface area contributed by atoms with Gasteiger partial charge in [-0.15, -0.1) is 0 Å². The summed E-state index contributed by atoms with van der Waals surface area (Å²) in [5.41, 5.74) is 0. The molecule has 0 unspecified atom stereocenters. The van der Waals surface area contributed by atoms with E-state index in [2.05, 4.69) is 0 Å². The highest BCUT2D eigenvalue weighted by atomic mass is 32.2. The molecule has 1 N–H and O–H groups in total. The molecule has 76 valence electrons. The van der Waals surface area contributed by atoms with Gasteiger partial charge in [-0.3, -0.25) is 0 Å². The molecule has 13 heavy (non-hydrogen) atoms. The maximum atomic E-state index is 12.5. The minimum atomic E-state index is -4.01. The molecule has 5 nitrogen and oxygen atoms in total. The Morgan fingerprint density at radius 2 is 2.08 bits per heavy atom. The third kappa shape index (κ3) is 1.94. The number of aliphatic carboxylic acids is 1. The Kier molecular flexibility index (Phi) is 2.28. The van der Waals surface area contributed by atoms with Crippen molar-refractivity contribution >= 4 is 16.0 Å². The highest BCUT2D eigenvalue weighted by Crippen LogP contribution is 2.21. The monoisotopic (exact) mass is 215 g/mol. The molecule has 8 heteroatoms. The molecule has 1 aliphatic rings. The van der Waals surface area contributed by atoms with Gasteiger partial charge >= 0.3 is 11.9 Å². The summed E-state index contributed by atoms with van der Waals surface area (Å²) in [4.78, 5) is 9.94. The van der Waals surface area contributed by atoms with Crippen LogP contribution in [0.5, 0.6) is 0 Å². The first-order chi connectivity index (χ1) is 5.76. The normalized spacial score (nSPS) is 22.3. The van der Waals surface area contributed by atoms with E-state index in [0.29, 0.717) is 4.31 Å². The van der Waals surface area contributed by atoms with Gasteiger partial charge in [0, 0.05) is 6.54 Å². The lowest BCUT2D eigenvalue weighted by atomic mass is 10.3. The predicted molar refractivity (Wildman–Crippen MR) is 37.9 cm³/mol. The topological polar surface area (TPSA) is 74.7 Å². The number of carboxylic acid groups (broad SMARTS) is 1. The molecule has 0 saturated carbocycles. The van der Waals surface area contributed by atoms with E-state index in [4.69, 9.17) is 5.11 Å². The third-order valence-electron chi connectivity index (χ3n) is 1.68. The number of rotatable bonds is 3. The van der Waals surface area contributed by atoms with E-state index in [1.165, 1.54) is 0 Å². The van der Waals surface area contributed by atoms with Crippen LogP contribution in [0.3, 0.4) is 0 Å². The minimum Gasteiger partial charge on any atom is -0.477 e. The summed E-state index contributed by atoms with van der Waals surface area (Å²) in [5, 5.41) is 8.01. The van der Waals surface area contributed by atoms with Crippen LogP contribution in [0.25, 0.3) is 0 Å². The summed E-state index contributed by atoms with van der Waals surface area (Å²) in [6, 6.07) is 0. The van der Waals surface area contributed by atoms with E-state index < -0.39 is 28.5 Å². The van der Waals surface area contributed by atoms with Crippen molar-refractivity contribution < 1.29 is 27.1 Å². The molecule has 1 saturated heterocycles. The fourth-order valence-electron chi connectivity index (χ4n) is 0.836. The average Bonchev–Trinajstić information content (AvgIpc) is 1.98. The van der Waals surface area contributed by atoms with Crippen molar-refractivity contribution in [2.45, 2.75) is 5.92 Å². The summed E-state index contributed by atoms with van der Waals surface area (Å²) in [6.45, 7) is -1.31. The maximum Gasteiger partial charge on any atom is 0.376 e. The van der Waals surface area contributed by atoms with Gasteiger partial charge in [-0.25, -0.2) is 13.2 Å². The van der Waals surface area contributed by atoms with E-state index in [0.717, 1.165) is 0 Å². The van der Waals surface area contributed by atoms with Crippen LogP contribution in [-0.2, 0) is 14.8 Å². The van der Waals surface area contributed by atoms with Crippen molar-refractivity contribution in [2.24, 2.45) is 0 Å². The van der Waals surface area contributed by atoms with Gasteiger partial charge < -0.3 is 5.11 Å². The summed E-state index contributed by atoms with van der Waals surface area (Å²) >= 11 is 0. The minimum absolute atomic E-state index is 0.0365. The summed E-state index contributed by atoms with van der Waals surface area (Å²) in [6.07, 6.45) is 0. The first-order valence-electron chi connectivity index (χ1n) is 3.35. The van der Waals surface area contributed by atoms with Crippen molar-refractivity contribution in [1.82, 2.24) is 4.31 Å². The second-order valence-electron chi connectivity index (χ2n) is 2.66.